The molecule has 0 saturated heterocycles. The van der Waals surface area contributed by atoms with Gasteiger partial charge in [-0.25, -0.2) is 12.8 Å². The number of hydrogen-bond acceptors (Lipinski definition) is 3. The van der Waals surface area contributed by atoms with Crippen LogP contribution in [-0.2, 0) is 10.0 Å². The average molecular weight is 392 g/mol. The maximum atomic E-state index is 13.1. The predicted molar refractivity (Wildman–Crippen MR) is 106 cm³/mol. The van der Waals surface area contributed by atoms with E-state index in [1.807, 2.05) is 13.8 Å². The molecular formula is C20H25FN2O3S. The van der Waals surface area contributed by atoms with Crippen molar-refractivity contribution in [2.24, 2.45) is 0 Å². The second-order valence-electron chi connectivity index (χ2n) is 6.95. The number of anilines is 1. The summed E-state index contributed by atoms with van der Waals surface area (Å²) in [4.78, 5) is 12.7. The largest absolute Gasteiger partial charge is 0.346 e. The maximum Gasteiger partial charge on any atom is 0.251 e. The summed E-state index contributed by atoms with van der Waals surface area (Å²) in [6.07, 6.45) is 1.12. The van der Waals surface area contributed by atoms with E-state index < -0.39 is 10.0 Å². The van der Waals surface area contributed by atoms with Crippen LogP contribution in [0.1, 0.15) is 54.2 Å². The Morgan fingerprint density at radius 3 is 2.15 bits per heavy atom. The molecule has 5 nitrogen and oxygen atoms in total. The molecule has 0 aliphatic rings. The van der Waals surface area contributed by atoms with Gasteiger partial charge in [0.05, 0.1) is 18.0 Å². The molecule has 0 aliphatic carbocycles. The lowest BCUT2D eigenvalue weighted by molar-refractivity contribution is 0.0940. The summed E-state index contributed by atoms with van der Waals surface area (Å²) >= 11 is 0. The molecule has 0 radical (unpaired) electrons. The van der Waals surface area contributed by atoms with Crippen molar-refractivity contribution in [2.75, 3.05) is 17.6 Å². The van der Waals surface area contributed by atoms with E-state index in [-0.39, 0.29) is 23.7 Å². The van der Waals surface area contributed by atoms with Crippen LogP contribution in [0.2, 0.25) is 0 Å². The first kappa shape index (κ1) is 20.9. The normalized spacial score (nSPS) is 12.7. The highest BCUT2D eigenvalue weighted by molar-refractivity contribution is 7.92. The lowest BCUT2D eigenvalue weighted by atomic mass is 9.99. The fourth-order valence-corrected chi connectivity index (χ4v) is 3.08. The van der Waals surface area contributed by atoms with Crippen LogP contribution in [0.5, 0.6) is 0 Å². The monoisotopic (exact) mass is 392 g/mol. The molecule has 2 aromatic rings. The second-order valence-corrected chi connectivity index (χ2v) is 8.96. The van der Waals surface area contributed by atoms with Gasteiger partial charge in [0.2, 0.25) is 10.0 Å². The minimum Gasteiger partial charge on any atom is -0.346 e. The van der Waals surface area contributed by atoms with Crippen molar-refractivity contribution in [2.45, 2.75) is 32.7 Å². The third kappa shape index (κ3) is 5.29. The molecule has 0 aliphatic heterocycles. The number of sulfonamides is 1. The Bertz CT molecular complexity index is 925. The highest BCUT2D eigenvalue weighted by Crippen LogP contribution is 2.25. The predicted octanol–water partition coefficient (Wildman–Crippen LogP) is 3.84. The fraction of sp³-hybridized carbons (Fsp3) is 0.350. The zero-order valence-electron chi connectivity index (χ0n) is 16.2. The molecule has 7 heteroatoms. The Morgan fingerprint density at radius 1 is 1.04 bits per heavy atom. The molecule has 0 saturated carbocycles. The van der Waals surface area contributed by atoms with Gasteiger partial charge in [-0.15, -0.1) is 0 Å². The summed E-state index contributed by atoms with van der Waals surface area (Å²) in [6.45, 7) is 5.76. The molecule has 0 bridgehead atoms. The maximum absolute atomic E-state index is 13.1. The molecule has 0 fully saturated rings. The summed E-state index contributed by atoms with van der Waals surface area (Å²) in [7, 11) is -1.99. The van der Waals surface area contributed by atoms with E-state index in [0.717, 1.165) is 21.7 Å². The lowest BCUT2D eigenvalue weighted by Gasteiger charge is -2.21. The van der Waals surface area contributed by atoms with Gasteiger partial charge in [-0.1, -0.05) is 26.0 Å². The second kappa shape index (κ2) is 8.08. The van der Waals surface area contributed by atoms with Gasteiger partial charge < -0.3 is 5.32 Å². The zero-order chi connectivity index (χ0) is 20.4. The van der Waals surface area contributed by atoms with Crippen molar-refractivity contribution in [1.82, 2.24) is 5.32 Å². The number of carbonyl (C=O) groups is 1. The minimum absolute atomic E-state index is 0.124. The van der Waals surface area contributed by atoms with Crippen molar-refractivity contribution in [1.29, 1.82) is 0 Å². The highest BCUT2D eigenvalue weighted by Gasteiger charge is 2.18. The molecular weight excluding hydrogens is 367 g/mol. The van der Waals surface area contributed by atoms with E-state index in [9.17, 15) is 17.6 Å². The van der Waals surface area contributed by atoms with Gasteiger partial charge in [0.25, 0.3) is 5.91 Å². The standard InChI is InChI=1S/C20H25FN2O3S/c1-13(2)16-10-17(12-19(11-16)23(4)27(5,25)26)20(24)22-14(3)15-6-8-18(21)9-7-15/h6-14H,1-5H3,(H,22,24)/t14-/m1/s1. The summed E-state index contributed by atoms with van der Waals surface area (Å²) in [5, 5.41) is 2.87. The third-order valence-electron chi connectivity index (χ3n) is 4.45. The van der Waals surface area contributed by atoms with E-state index in [1.54, 1.807) is 37.3 Å². The van der Waals surface area contributed by atoms with Crippen molar-refractivity contribution in [3.05, 3.63) is 65.0 Å². The lowest BCUT2D eigenvalue weighted by Crippen LogP contribution is -2.28. The van der Waals surface area contributed by atoms with Gasteiger partial charge in [0, 0.05) is 12.6 Å². The molecule has 1 N–H and O–H groups in total. The molecule has 0 spiro atoms. The molecule has 146 valence electrons. The number of rotatable bonds is 6. The van der Waals surface area contributed by atoms with Crippen molar-refractivity contribution >= 4 is 21.6 Å². The van der Waals surface area contributed by atoms with E-state index in [4.69, 9.17) is 0 Å². The van der Waals surface area contributed by atoms with Gasteiger partial charge in [0.1, 0.15) is 5.82 Å². The topological polar surface area (TPSA) is 66.5 Å². The van der Waals surface area contributed by atoms with Gasteiger partial charge in [-0.05, 0) is 54.3 Å². The number of carbonyl (C=O) groups excluding carboxylic acids is 1. The van der Waals surface area contributed by atoms with Crippen LogP contribution in [0.25, 0.3) is 0 Å². The smallest absolute Gasteiger partial charge is 0.251 e. The van der Waals surface area contributed by atoms with Crippen LogP contribution < -0.4 is 9.62 Å². The van der Waals surface area contributed by atoms with Crippen LogP contribution in [-0.4, -0.2) is 27.6 Å². The van der Waals surface area contributed by atoms with Crippen LogP contribution in [0.15, 0.2) is 42.5 Å². The number of benzene rings is 2. The summed E-state index contributed by atoms with van der Waals surface area (Å²) in [5.74, 6) is -0.535. The first-order valence-corrected chi connectivity index (χ1v) is 10.5. The first-order chi connectivity index (χ1) is 12.5. The van der Waals surface area contributed by atoms with Gasteiger partial charge in [-0.3, -0.25) is 9.10 Å². The number of halogens is 1. The van der Waals surface area contributed by atoms with Crippen LogP contribution in [0, 0.1) is 5.82 Å². The minimum atomic E-state index is -3.44. The van der Waals surface area contributed by atoms with Crippen molar-refractivity contribution in [3.8, 4) is 0 Å². The Balaban J connectivity index is 2.34. The number of nitrogens with one attached hydrogen (secondary N) is 1. The molecule has 2 rings (SSSR count). The third-order valence-corrected chi connectivity index (χ3v) is 5.65. The van der Waals surface area contributed by atoms with Crippen LogP contribution in [0.3, 0.4) is 0 Å². The SMILES string of the molecule is CC(C)c1cc(C(=O)N[C@H](C)c2ccc(F)cc2)cc(N(C)S(C)(=O)=O)c1. The molecule has 27 heavy (non-hydrogen) atoms. The van der Waals surface area contributed by atoms with Crippen LogP contribution >= 0.6 is 0 Å². The first-order valence-electron chi connectivity index (χ1n) is 8.64. The van der Waals surface area contributed by atoms with Gasteiger partial charge in [-0.2, -0.15) is 0 Å². The number of hydrogen-bond donors (Lipinski definition) is 1. The van der Waals surface area contributed by atoms with E-state index >= 15 is 0 Å². The Hall–Kier alpha value is -2.41. The molecule has 0 heterocycles. The molecule has 0 aromatic heterocycles. The van der Waals surface area contributed by atoms with Crippen molar-refractivity contribution < 1.29 is 17.6 Å². The summed E-state index contributed by atoms with van der Waals surface area (Å²) < 4.78 is 38.0. The Morgan fingerprint density at radius 2 is 1.63 bits per heavy atom. The Kier molecular flexibility index (Phi) is 6.26. The summed E-state index contributed by atoms with van der Waals surface area (Å²) in [5.41, 5.74) is 2.45. The zero-order valence-corrected chi connectivity index (χ0v) is 17.0. The van der Waals surface area contributed by atoms with Gasteiger partial charge >= 0.3 is 0 Å². The van der Waals surface area contributed by atoms with Crippen molar-refractivity contribution in [3.63, 3.8) is 0 Å². The average Bonchev–Trinajstić information content (AvgIpc) is 2.60. The quantitative estimate of drug-likeness (QED) is 0.812. The molecule has 0 unspecified atom stereocenters. The molecule has 2 aromatic carbocycles. The van der Waals surface area contributed by atoms with E-state index in [0.29, 0.717) is 11.3 Å². The fourth-order valence-electron chi connectivity index (χ4n) is 2.59. The molecule has 1 amide bonds. The van der Waals surface area contributed by atoms with Crippen LogP contribution in [0.4, 0.5) is 10.1 Å². The Labute approximate surface area is 160 Å². The molecule has 1 atom stereocenters. The van der Waals surface area contributed by atoms with E-state index in [2.05, 4.69) is 5.32 Å². The number of nitrogens with zero attached hydrogens (tertiary/aromatic N) is 1. The number of amides is 1. The van der Waals surface area contributed by atoms with Gasteiger partial charge in [0.15, 0.2) is 0 Å². The van der Waals surface area contributed by atoms with E-state index in [1.165, 1.54) is 19.2 Å². The highest BCUT2D eigenvalue weighted by atomic mass is 32.2. The summed E-state index contributed by atoms with van der Waals surface area (Å²) in [6, 6.07) is 10.7.